The van der Waals surface area contributed by atoms with Crippen LogP contribution in [0.1, 0.15) is 31.2 Å². The van der Waals surface area contributed by atoms with E-state index in [4.69, 9.17) is 5.73 Å². The zero-order chi connectivity index (χ0) is 15.6. The van der Waals surface area contributed by atoms with Gasteiger partial charge in [-0.2, -0.15) is 0 Å². The second kappa shape index (κ2) is 6.22. The van der Waals surface area contributed by atoms with Crippen LogP contribution in [-0.4, -0.2) is 46.1 Å². The highest BCUT2D eigenvalue weighted by Crippen LogP contribution is 2.32. The summed E-state index contributed by atoms with van der Waals surface area (Å²) in [5.74, 6) is 0.999. The van der Waals surface area contributed by atoms with Crippen LogP contribution >= 0.6 is 0 Å². The zero-order valence-corrected chi connectivity index (χ0v) is 12.8. The van der Waals surface area contributed by atoms with Crippen LogP contribution in [0.3, 0.4) is 0 Å². The summed E-state index contributed by atoms with van der Waals surface area (Å²) in [5, 5.41) is 13.8. The lowest BCUT2D eigenvalue weighted by atomic mass is 9.91. The smallest absolute Gasteiger partial charge is 0.255 e. The van der Waals surface area contributed by atoms with E-state index in [0.717, 1.165) is 25.1 Å². The maximum atomic E-state index is 12.5. The average Bonchev–Trinajstić information content (AvgIpc) is 3.30. The van der Waals surface area contributed by atoms with E-state index in [9.17, 15) is 9.90 Å². The van der Waals surface area contributed by atoms with Crippen molar-refractivity contribution in [1.82, 2.24) is 15.2 Å². The molecule has 6 nitrogen and oxygen atoms in total. The number of nitrogens with zero attached hydrogens (tertiary/aromatic N) is 2. The summed E-state index contributed by atoms with van der Waals surface area (Å²) in [7, 11) is 0. The van der Waals surface area contributed by atoms with Crippen LogP contribution in [0.15, 0.2) is 18.3 Å². The molecule has 22 heavy (non-hydrogen) atoms. The predicted octanol–water partition coefficient (Wildman–Crippen LogP) is 0.517. The third-order valence-electron chi connectivity index (χ3n) is 4.54. The largest absolute Gasteiger partial charge is 0.383 e. The van der Waals surface area contributed by atoms with Gasteiger partial charge in [-0.05, 0) is 37.7 Å². The van der Waals surface area contributed by atoms with Gasteiger partial charge in [0.15, 0.2) is 5.60 Å². The van der Waals surface area contributed by atoms with Crippen molar-refractivity contribution < 1.29 is 9.90 Å². The molecule has 4 N–H and O–H groups in total. The van der Waals surface area contributed by atoms with Crippen molar-refractivity contribution in [1.29, 1.82) is 0 Å². The number of likely N-dealkylation sites (tertiary alicyclic amines) is 1. The topological polar surface area (TPSA) is 91.5 Å². The van der Waals surface area contributed by atoms with Crippen molar-refractivity contribution in [2.45, 2.75) is 37.8 Å². The second-order valence-corrected chi connectivity index (χ2v) is 6.48. The minimum absolute atomic E-state index is 0.127. The van der Waals surface area contributed by atoms with E-state index in [-0.39, 0.29) is 12.5 Å². The molecule has 1 aliphatic heterocycles. The highest BCUT2D eigenvalue weighted by Gasteiger charge is 2.43. The zero-order valence-electron chi connectivity index (χ0n) is 12.8. The molecule has 1 saturated carbocycles. The summed E-state index contributed by atoms with van der Waals surface area (Å²) in [4.78, 5) is 18.4. The number of carbonyl (C=O) groups excluding carboxylic acids is 1. The first kappa shape index (κ1) is 15.2. The first-order chi connectivity index (χ1) is 10.6. The van der Waals surface area contributed by atoms with Crippen LogP contribution in [0.5, 0.6) is 0 Å². The molecule has 1 aromatic heterocycles. The number of pyridine rings is 1. The number of hydrogen-bond donors (Lipinski definition) is 3. The normalized spacial score (nSPS) is 25.5. The van der Waals surface area contributed by atoms with E-state index >= 15 is 0 Å². The lowest BCUT2D eigenvalue weighted by Crippen LogP contribution is -2.58. The molecule has 120 valence electrons. The monoisotopic (exact) mass is 304 g/mol. The molecule has 0 radical (unpaired) electrons. The Balaban J connectivity index is 1.55. The Bertz CT molecular complexity index is 547. The van der Waals surface area contributed by atoms with Crippen molar-refractivity contribution in [3.63, 3.8) is 0 Å². The quantitative estimate of drug-likeness (QED) is 0.712. The van der Waals surface area contributed by atoms with Crippen LogP contribution in [0.25, 0.3) is 0 Å². The number of nitrogens with one attached hydrogen (secondary N) is 1. The van der Waals surface area contributed by atoms with Gasteiger partial charge in [0, 0.05) is 37.9 Å². The van der Waals surface area contributed by atoms with E-state index in [1.165, 1.54) is 12.8 Å². The van der Waals surface area contributed by atoms with Crippen molar-refractivity contribution in [3.8, 4) is 0 Å². The molecule has 1 aromatic rings. The Morgan fingerprint density at radius 1 is 1.50 bits per heavy atom. The SMILES string of the molecule is Nc1ncccc1CNCC1(O)CCCN(CC2CC2)C1=O. The first-order valence-electron chi connectivity index (χ1n) is 8.00. The number of aromatic nitrogens is 1. The number of nitrogens with two attached hydrogens (primary N) is 1. The lowest BCUT2D eigenvalue weighted by molar-refractivity contribution is -0.156. The molecule has 1 atom stereocenters. The molecule has 2 fully saturated rings. The van der Waals surface area contributed by atoms with Crippen LogP contribution < -0.4 is 11.1 Å². The van der Waals surface area contributed by atoms with Gasteiger partial charge in [0.2, 0.25) is 0 Å². The molecule has 1 saturated heterocycles. The summed E-state index contributed by atoms with van der Waals surface area (Å²) in [6.45, 7) is 2.32. The summed E-state index contributed by atoms with van der Waals surface area (Å²) in [6, 6.07) is 3.71. The molecule has 0 aromatic carbocycles. The van der Waals surface area contributed by atoms with Crippen LogP contribution in [0.2, 0.25) is 0 Å². The van der Waals surface area contributed by atoms with E-state index in [0.29, 0.717) is 24.7 Å². The molecule has 1 unspecified atom stereocenters. The fourth-order valence-electron chi connectivity index (χ4n) is 3.02. The fourth-order valence-corrected chi connectivity index (χ4v) is 3.02. The van der Waals surface area contributed by atoms with Gasteiger partial charge >= 0.3 is 0 Å². The average molecular weight is 304 g/mol. The maximum Gasteiger partial charge on any atom is 0.255 e. The summed E-state index contributed by atoms with van der Waals surface area (Å²) in [6.07, 6.45) is 5.43. The standard InChI is InChI=1S/C16H24N4O2/c17-14-13(3-1-7-19-14)9-18-11-16(22)6-2-8-20(15(16)21)10-12-4-5-12/h1,3,7,12,18,22H,2,4-6,8-11H2,(H2,17,19). The molecular weight excluding hydrogens is 280 g/mol. The third-order valence-corrected chi connectivity index (χ3v) is 4.54. The van der Waals surface area contributed by atoms with Gasteiger partial charge < -0.3 is 21.1 Å². The molecule has 1 aliphatic carbocycles. The second-order valence-electron chi connectivity index (χ2n) is 6.48. The summed E-state index contributed by atoms with van der Waals surface area (Å²) >= 11 is 0. The molecule has 1 amide bonds. The van der Waals surface area contributed by atoms with Crippen molar-refractivity contribution >= 4 is 11.7 Å². The number of aliphatic hydroxyl groups is 1. The van der Waals surface area contributed by atoms with Gasteiger partial charge in [0.25, 0.3) is 5.91 Å². The van der Waals surface area contributed by atoms with E-state index in [1.54, 1.807) is 6.20 Å². The minimum Gasteiger partial charge on any atom is -0.383 e. The Hall–Kier alpha value is -1.66. The highest BCUT2D eigenvalue weighted by molar-refractivity contribution is 5.86. The van der Waals surface area contributed by atoms with E-state index in [2.05, 4.69) is 10.3 Å². The van der Waals surface area contributed by atoms with Gasteiger partial charge in [-0.3, -0.25) is 4.79 Å². The molecular formula is C16H24N4O2. The Morgan fingerprint density at radius 3 is 3.05 bits per heavy atom. The minimum atomic E-state index is -1.29. The number of piperidine rings is 1. The summed E-state index contributed by atoms with van der Waals surface area (Å²) < 4.78 is 0. The van der Waals surface area contributed by atoms with Crippen LogP contribution in [-0.2, 0) is 11.3 Å². The Labute approximate surface area is 130 Å². The van der Waals surface area contributed by atoms with E-state index in [1.807, 2.05) is 17.0 Å². The van der Waals surface area contributed by atoms with Crippen molar-refractivity contribution in [2.75, 3.05) is 25.4 Å². The summed E-state index contributed by atoms with van der Waals surface area (Å²) in [5.41, 5.74) is 5.39. The van der Waals surface area contributed by atoms with Gasteiger partial charge in [-0.15, -0.1) is 0 Å². The van der Waals surface area contributed by atoms with Crippen molar-refractivity contribution in [2.24, 2.45) is 5.92 Å². The van der Waals surface area contributed by atoms with Crippen molar-refractivity contribution in [3.05, 3.63) is 23.9 Å². The number of hydrogen-bond acceptors (Lipinski definition) is 5. The third kappa shape index (κ3) is 3.39. The van der Waals surface area contributed by atoms with Crippen LogP contribution in [0.4, 0.5) is 5.82 Å². The predicted molar refractivity (Wildman–Crippen MR) is 83.8 cm³/mol. The number of rotatable bonds is 6. The molecule has 0 bridgehead atoms. The van der Waals surface area contributed by atoms with Gasteiger partial charge in [-0.1, -0.05) is 6.07 Å². The van der Waals surface area contributed by atoms with E-state index < -0.39 is 5.60 Å². The van der Waals surface area contributed by atoms with Gasteiger partial charge in [-0.25, -0.2) is 4.98 Å². The molecule has 0 spiro atoms. The van der Waals surface area contributed by atoms with Gasteiger partial charge in [0.05, 0.1) is 0 Å². The molecule has 2 heterocycles. The molecule has 3 rings (SSSR count). The number of amides is 1. The number of carbonyl (C=O) groups is 1. The maximum absolute atomic E-state index is 12.5. The molecule has 2 aliphatic rings. The number of anilines is 1. The fraction of sp³-hybridized carbons (Fsp3) is 0.625. The van der Waals surface area contributed by atoms with Crippen LogP contribution in [0, 0.1) is 5.92 Å². The first-order valence-corrected chi connectivity index (χ1v) is 8.00. The Morgan fingerprint density at radius 2 is 2.32 bits per heavy atom. The van der Waals surface area contributed by atoms with Gasteiger partial charge in [0.1, 0.15) is 5.82 Å². The lowest BCUT2D eigenvalue weighted by Gasteiger charge is -2.38. The highest BCUT2D eigenvalue weighted by atomic mass is 16.3. The number of nitrogen functional groups attached to an aromatic ring is 1. The molecule has 6 heteroatoms. The Kier molecular flexibility index (Phi) is 4.31.